The molecule has 0 aliphatic carbocycles. The lowest BCUT2D eigenvalue weighted by atomic mass is 10.2. The monoisotopic (exact) mass is 429 g/mol. The van der Waals surface area contributed by atoms with Crippen LogP contribution in [0.3, 0.4) is 0 Å². The number of amides is 1. The lowest BCUT2D eigenvalue weighted by molar-refractivity contribution is -0.117. The van der Waals surface area contributed by atoms with Gasteiger partial charge < -0.3 is 24.6 Å². The molecule has 0 bridgehead atoms. The second-order valence-electron chi connectivity index (χ2n) is 7.47. The maximum absolute atomic E-state index is 12.3. The summed E-state index contributed by atoms with van der Waals surface area (Å²) in [6, 6.07) is 14.7. The van der Waals surface area contributed by atoms with Crippen molar-refractivity contribution in [3.8, 4) is 17.2 Å². The number of carbonyl (C=O) groups excluding carboxylic acids is 1. The Balaban J connectivity index is 1.35. The summed E-state index contributed by atoms with van der Waals surface area (Å²) in [5, 5.41) is 13.3. The molecule has 1 unspecified atom stereocenters. The Labute approximate surface area is 183 Å². The summed E-state index contributed by atoms with van der Waals surface area (Å²) in [6.07, 6.45) is -0.602. The molecule has 1 amide bonds. The van der Waals surface area contributed by atoms with Crippen LogP contribution in [0.1, 0.15) is 0 Å². The van der Waals surface area contributed by atoms with E-state index in [0.29, 0.717) is 24.6 Å². The molecule has 1 aliphatic rings. The molecule has 1 heterocycles. The van der Waals surface area contributed by atoms with Gasteiger partial charge in [-0.25, -0.2) is 0 Å². The standard InChI is InChI=1S/C23H31N3O5/c1-29-20-9-7-18(8-10-20)24-23(28)16-26-13-11-25(12-14-26)15-19(27)17-31-22-6-4-3-5-21(22)30-2/h3-10,19,27H,11-17H2,1-2H3,(H,24,28). The summed E-state index contributed by atoms with van der Waals surface area (Å²) in [5.41, 5.74) is 0.752. The smallest absolute Gasteiger partial charge is 0.238 e. The summed E-state index contributed by atoms with van der Waals surface area (Å²) in [4.78, 5) is 16.6. The minimum absolute atomic E-state index is 0.0381. The third-order valence-corrected chi connectivity index (χ3v) is 5.18. The Hall–Kier alpha value is -2.81. The number of para-hydroxylation sites is 2. The van der Waals surface area contributed by atoms with Gasteiger partial charge >= 0.3 is 0 Å². The van der Waals surface area contributed by atoms with Gasteiger partial charge in [-0.1, -0.05) is 12.1 Å². The number of rotatable bonds is 10. The molecule has 2 aromatic carbocycles. The minimum Gasteiger partial charge on any atom is -0.497 e. The van der Waals surface area contributed by atoms with Crippen molar-refractivity contribution < 1.29 is 24.1 Å². The first kappa shape index (κ1) is 22.9. The number of anilines is 1. The van der Waals surface area contributed by atoms with Crippen LogP contribution in [0.15, 0.2) is 48.5 Å². The highest BCUT2D eigenvalue weighted by molar-refractivity contribution is 5.92. The molecule has 2 aromatic rings. The summed E-state index contributed by atoms with van der Waals surface area (Å²) < 4.78 is 16.1. The van der Waals surface area contributed by atoms with E-state index in [1.807, 2.05) is 48.5 Å². The van der Waals surface area contributed by atoms with Gasteiger partial charge in [0, 0.05) is 38.4 Å². The van der Waals surface area contributed by atoms with E-state index in [9.17, 15) is 9.90 Å². The van der Waals surface area contributed by atoms with E-state index in [0.717, 1.165) is 37.6 Å². The quantitative estimate of drug-likeness (QED) is 0.595. The number of methoxy groups -OCH3 is 2. The van der Waals surface area contributed by atoms with Gasteiger partial charge in [-0.3, -0.25) is 14.6 Å². The topological polar surface area (TPSA) is 83.5 Å². The Morgan fingerprint density at radius 2 is 1.61 bits per heavy atom. The molecular formula is C23H31N3O5. The number of aliphatic hydroxyl groups excluding tert-OH is 1. The van der Waals surface area contributed by atoms with Gasteiger partial charge in [-0.2, -0.15) is 0 Å². The van der Waals surface area contributed by atoms with Gasteiger partial charge in [0.15, 0.2) is 11.5 Å². The zero-order chi connectivity index (χ0) is 22.1. The highest BCUT2D eigenvalue weighted by Crippen LogP contribution is 2.25. The van der Waals surface area contributed by atoms with E-state index in [1.165, 1.54) is 0 Å². The van der Waals surface area contributed by atoms with Crippen LogP contribution < -0.4 is 19.5 Å². The van der Waals surface area contributed by atoms with E-state index in [4.69, 9.17) is 14.2 Å². The first-order chi connectivity index (χ1) is 15.1. The molecule has 0 spiro atoms. The highest BCUT2D eigenvalue weighted by Gasteiger charge is 2.21. The molecule has 2 N–H and O–H groups in total. The van der Waals surface area contributed by atoms with Crippen molar-refractivity contribution in [2.75, 3.05) is 65.4 Å². The van der Waals surface area contributed by atoms with Gasteiger partial charge in [0.05, 0.1) is 20.8 Å². The number of hydrogen-bond donors (Lipinski definition) is 2. The van der Waals surface area contributed by atoms with Crippen LogP contribution in [-0.2, 0) is 4.79 Å². The maximum Gasteiger partial charge on any atom is 0.238 e. The van der Waals surface area contributed by atoms with Crippen LogP contribution >= 0.6 is 0 Å². The Morgan fingerprint density at radius 3 is 2.26 bits per heavy atom. The van der Waals surface area contributed by atoms with Gasteiger partial charge in [-0.05, 0) is 36.4 Å². The predicted molar refractivity (Wildman–Crippen MR) is 119 cm³/mol. The molecular weight excluding hydrogens is 398 g/mol. The molecule has 1 fully saturated rings. The van der Waals surface area contributed by atoms with E-state index in [2.05, 4.69) is 15.1 Å². The highest BCUT2D eigenvalue weighted by atomic mass is 16.5. The van der Waals surface area contributed by atoms with E-state index in [-0.39, 0.29) is 12.5 Å². The summed E-state index contributed by atoms with van der Waals surface area (Å²) in [5.74, 6) is 1.99. The molecule has 0 radical (unpaired) electrons. The summed E-state index contributed by atoms with van der Waals surface area (Å²) >= 11 is 0. The maximum atomic E-state index is 12.3. The van der Waals surface area contributed by atoms with Crippen molar-refractivity contribution in [3.05, 3.63) is 48.5 Å². The number of benzene rings is 2. The first-order valence-electron chi connectivity index (χ1n) is 10.4. The Morgan fingerprint density at radius 1 is 0.968 bits per heavy atom. The zero-order valence-electron chi connectivity index (χ0n) is 18.1. The third kappa shape index (κ3) is 7.13. The predicted octanol–water partition coefficient (Wildman–Crippen LogP) is 1.70. The van der Waals surface area contributed by atoms with Crippen molar-refractivity contribution in [2.24, 2.45) is 0 Å². The van der Waals surface area contributed by atoms with Crippen LogP contribution in [-0.4, -0.2) is 87.0 Å². The zero-order valence-corrected chi connectivity index (χ0v) is 18.1. The minimum atomic E-state index is -0.602. The van der Waals surface area contributed by atoms with Crippen molar-refractivity contribution in [1.29, 1.82) is 0 Å². The molecule has 1 atom stereocenters. The molecule has 168 valence electrons. The van der Waals surface area contributed by atoms with Crippen LogP contribution in [0.25, 0.3) is 0 Å². The third-order valence-electron chi connectivity index (χ3n) is 5.18. The molecule has 31 heavy (non-hydrogen) atoms. The average Bonchev–Trinajstić information content (AvgIpc) is 2.79. The molecule has 3 rings (SSSR count). The van der Waals surface area contributed by atoms with Gasteiger partial charge in [-0.15, -0.1) is 0 Å². The normalized spacial score (nSPS) is 15.8. The Kier molecular flexibility index (Phi) is 8.52. The molecule has 0 aromatic heterocycles. The molecule has 8 nitrogen and oxygen atoms in total. The van der Waals surface area contributed by atoms with Crippen molar-refractivity contribution in [2.45, 2.75) is 6.10 Å². The molecule has 1 aliphatic heterocycles. The number of carbonyl (C=O) groups is 1. The number of nitrogens with one attached hydrogen (secondary N) is 1. The average molecular weight is 430 g/mol. The van der Waals surface area contributed by atoms with Gasteiger partial charge in [0.2, 0.25) is 5.91 Å². The molecule has 8 heteroatoms. The van der Waals surface area contributed by atoms with Gasteiger partial charge in [0.25, 0.3) is 0 Å². The molecule has 1 saturated heterocycles. The van der Waals surface area contributed by atoms with E-state index >= 15 is 0 Å². The fourth-order valence-corrected chi connectivity index (χ4v) is 3.48. The van der Waals surface area contributed by atoms with E-state index < -0.39 is 6.10 Å². The number of β-amino-alcohol motifs (C(OH)–C–C–N with tert-alkyl or cyclic N) is 1. The van der Waals surface area contributed by atoms with Crippen LogP contribution in [0.4, 0.5) is 5.69 Å². The van der Waals surface area contributed by atoms with Crippen LogP contribution in [0.2, 0.25) is 0 Å². The lowest BCUT2D eigenvalue weighted by Gasteiger charge is -2.35. The number of aliphatic hydroxyl groups is 1. The fourth-order valence-electron chi connectivity index (χ4n) is 3.48. The van der Waals surface area contributed by atoms with Crippen LogP contribution in [0.5, 0.6) is 17.2 Å². The SMILES string of the molecule is COc1ccc(NC(=O)CN2CCN(CC(O)COc3ccccc3OC)CC2)cc1. The van der Waals surface area contributed by atoms with Crippen molar-refractivity contribution in [1.82, 2.24) is 9.80 Å². The van der Waals surface area contributed by atoms with Crippen LogP contribution in [0, 0.1) is 0 Å². The summed E-state index contributed by atoms with van der Waals surface area (Å²) in [7, 11) is 3.20. The molecule has 0 saturated carbocycles. The Bertz CT molecular complexity index is 822. The lowest BCUT2D eigenvalue weighted by Crippen LogP contribution is -2.50. The number of hydrogen-bond acceptors (Lipinski definition) is 7. The first-order valence-corrected chi connectivity index (χ1v) is 10.4. The summed E-state index contributed by atoms with van der Waals surface area (Å²) in [6.45, 7) is 4.21. The van der Waals surface area contributed by atoms with Gasteiger partial charge in [0.1, 0.15) is 18.5 Å². The van der Waals surface area contributed by atoms with Crippen molar-refractivity contribution in [3.63, 3.8) is 0 Å². The largest absolute Gasteiger partial charge is 0.497 e. The number of nitrogens with zero attached hydrogens (tertiary/aromatic N) is 2. The number of piperazine rings is 1. The second kappa shape index (κ2) is 11.5. The number of ether oxygens (including phenoxy) is 3. The van der Waals surface area contributed by atoms with E-state index in [1.54, 1.807) is 14.2 Å². The van der Waals surface area contributed by atoms with Crippen molar-refractivity contribution >= 4 is 11.6 Å². The second-order valence-corrected chi connectivity index (χ2v) is 7.47. The fraction of sp³-hybridized carbons (Fsp3) is 0.435.